The lowest BCUT2D eigenvalue weighted by atomic mass is 9.99. The zero-order valence-electron chi connectivity index (χ0n) is 19.5. The van der Waals surface area contributed by atoms with Gasteiger partial charge in [0, 0.05) is 25.1 Å². The van der Waals surface area contributed by atoms with Crippen molar-refractivity contribution in [1.82, 2.24) is 4.90 Å². The summed E-state index contributed by atoms with van der Waals surface area (Å²) in [6.45, 7) is 7.63. The second-order valence-corrected chi connectivity index (χ2v) is 8.10. The number of carbonyl (C=O) groups excluding carboxylic acids is 1. The highest BCUT2D eigenvalue weighted by Gasteiger charge is 2.22. The van der Waals surface area contributed by atoms with E-state index in [1.54, 1.807) is 13.0 Å². The number of ether oxygens (including phenoxy) is 1. The standard InChI is InChI=1S/C26H32FN3O3/c1-4-11-30(12-5-2)25(31)20-13-19-8-7-18(15-23(19)29-24(28)16-20)17-9-10-21(22(27)14-17)26(32)33-6-3/h7-10,13-15,25,31H,4-6,11-12,16H2,1-3H3,(H2,28,29). The van der Waals surface area contributed by atoms with Crippen molar-refractivity contribution < 1.29 is 19.0 Å². The smallest absolute Gasteiger partial charge is 0.341 e. The van der Waals surface area contributed by atoms with E-state index in [0.717, 1.165) is 42.6 Å². The highest BCUT2D eigenvalue weighted by atomic mass is 19.1. The molecule has 1 aliphatic heterocycles. The van der Waals surface area contributed by atoms with Crippen LogP contribution in [0.5, 0.6) is 0 Å². The van der Waals surface area contributed by atoms with Crippen LogP contribution in [0, 0.1) is 5.82 Å². The summed E-state index contributed by atoms with van der Waals surface area (Å²) in [4.78, 5) is 18.5. The van der Waals surface area contributed by atoms with Crippen molar-refractivity contribution in [3.8, 4) is 11.1 Å². The summed E-state index contributed by atoms with van der Waals surface area (Å²) in [5.41, 5.74) is 9.74. The van der Waals surface area contributed by atoms with Crippen LogP contribution in [0.1, 0.15) is 56.0 Å². The first-order valence-corrected chi connectivity index (χ1v) is 11.4. The van der Waals surface area contributed by atoms with Gasteiger partial charge in [0.2, 0.25) is 0 Å². The SMILES string of the molecule is CCCN(CCC)C(O)C1=Cc2ccc(-c3ccc(C(=O)OCC)c(F)c3)cc2N=C(N)C1. The second kappa shape index (κ2) is 11.2. The lowest BCUT2D eigenvalue weighted by Gasteiger charge is -2.28. The van der Waals surface area contributed by atoms with Crippen molar-refractivity contribution >= 4 is 23.6 Å². The number of fused-ring (bicyclic) bond motifs is 1. The van der Waals surface area contributed by atoms with Gasteiger partial charge in [-0.05, 0) is 60.7 Å². The lowest BCUT2D eigenvalue weighted by Crippen LogP contribution is -2.38. The number of amidine groups is 1. The number of aliphatic imine (C=N–C) groups is 1. The Hall–Kier alpha value is -3.03. The quantitative estimate of drug-likeness (QED) is 0.417. The Morgan fingerprint density at radius 1 is 1.15 bits per heavy atom. The molecule has 1 atom stereocenters. The van der Waals surface area contributed by atoms with Crippen molar-refractivity contribution in [2.24, 2.45) is 10.7 Å². The Kier molecular flexibility index (Phi) is 8.36. The van der Waals surface area contributed by atoms with Crippen molar-refractivity contribution in [2.75, 3.05) is 19.7 Å². The molecule has 0 spiro atoms. The molecule has 0 aromatic heterocycles. The monoisotopic (exact) mass is 453 g/mol. The van der Waals surface area contributed by atoms with Gasteiger partial charge in [0.05, 0.1) is 17.9 Å². The van der Waals surface area contributed by atoms with E-state index in [2.05, 4.69) is 18.8 Å². The van der Waals surface area contributed by atoms with E-state index in [9.17, 15) is 14.3 Å². The normalized spacial score (nSPS) is 14.2. The minimum absolute atomic E-state index is 0.0945. The predicted molar refractivity (Wildman–Crippen MR) is 130 cm³/mol. The van der Waals surface area contributed by atoms with Gasteiger partial charge >= 0.3 is 5.97 Å². The molecule has 2 aromatic rings. The summed E-state index contributed by atoms with van der Waals surface area (Å²) in [5.74, 6) is -0.911. The van der Waals surface area contributed by atoms with Crippen molar-refractivity contribution in [1.29, 1.82) is 0 Å². The van der Waals surface area contributed by atoms with Crippen molar-refractivity contribution in [3.05, 3.63) is 58.9 Å². The third kappa shape index (κ3) is 5.86. The number of nitrogens with two attached hydrogens (primary N) is 1. The van der Waals surface area contributed by atoms with E-state index < -0.39 is 18.0 Å². The molecule has 1 aliphatic rings. The molecular formula is C26H32FN3O3. The molecule has 0 fully saturated rings. The molecule has 0 saturated carbocycles. The van der Waals surface area contributed by atoms with Gasteiger partial charge in [-0.2, -0.15) is 0 Å². The second-order valence-electron chi connectivity index (χ2n) is 8.10. The molecule has 176 valence electrons. The first kappa shape index (κ1) is 24.6. The molecule has 7 heteroatoms. The van der Waals surface area contributed by atoms with E-state index in [1.807, 2.05) is 29.2 Å². The Morgan fingerprint density at radius 2 is 1.82 bits per heavy atom. The van der Waals surface area contributed by atoms with Crippen LogP contribution in [0.15, 0.2) is 47.0 Å². The summed E-state index contributed by atoms with van der Waals surface area (Å²) in [5, 5.41) is 11.0. The fraction of sp³-hybridized carbons (Fsp3) is 0.385. The molecule has 1 heterocycles. The fourth-order valence-corrected chi connectivity index (χ4v) is 4.00. The third-order valence-electron chi connectivity index (χ3n) is 5.52. The van der Waals surface area contributed by atoms with Gasteiger partial charge in [0.15, 0.2) is 0 Å². The van der Waals surface area contributed by atoms with Crippen LogP contribution in [0.3, 0.4) is 0 Å². The molecule has 3 rings (SSSR count). The number of hydrogen-bond donors (Lipinski definition) is 2. The van der Waals surface area contributed by atoms with Crippen LogP contribution in [0.2, 0.25) is 0 Å². The zero-order chi connectivity index (χ0) is 24.0. The zero-order valence-corrected chi connectivity index (χ0v) is 19.5. The summed E-state index contributed by atoms with van der Waals surface area (Å²) < 4.78 is 19.4. The summed E-state index contributed by atoms with van der Waals surface area (Å²) in [7, 11) is 0. The molecule has 6 nitrogen and oxygen atoms in total. The number of halogens is 1. The number of aliphatic hydroxyl groups excluding tert-OH is 1. The molecule has 0 aliphatic carbocycles. The van der Waals surface area contributed by atoms with Gasteiger partial charge < -0.3 is 15.6 Å². The molecule has 3 N–H and O–H groups in total. The Bertz CT molecular complexity index is 1060. The minimum atomic E-state index is -0.728. The van der Waals surface area contributed by atoms with E-state index in [-0.39, 0.29) is 12.2 Å². The van der Waals surface area contributed by atoms with Crippen LogP contribution in [-0.2, 0) is 4.74 Å². The van der Waals surface area contributed by atoms with Crippen molar-refractivity contribution in [3.63, 3.8) is 0 Å². The average molecular weight is 454 g/mol. The number of hydrogen-bond acceptors (Lipinski definition) is 6. The van der Waals surface area contributed by atoms with Gasteiger partial charge in [-0.25, -0.2) is 14.2 Å². The van der Waals surface area contributed by atoms with Crippen LogP contribution in [0.4, 0.5) is 10.1 Å². The number of rotatable bonds is 9. The summed E-state index contributed by atoms with van der Waals surface area (Å²) in [6, 6.07) is 10.0. The van der Waals surface area contributed by atoms with Gasteiger partial charge in [0.25, 0.3) is 0 Å². The number of carbonyl (C=O) groups is 1. The maximum Gasteiger partial charge on any atom is 0.341 e. The van der Waals surface area contributed by atoms with Crippen LogP contribution in [0.25, 0.3) is 17.2 Å². The van der Waals surface area contributed by atoms with Crippen molar-refractivity contribution in [2.45, 2.75) is 46.3 Å². The third-order valence-corrected chi connectivity index (χ3v) is 5.52. The van der Waals surface area contributed by atoms with E-state index in [0.29, 0.717) is 23.5 Å². The predicted octanol–water partition coefficient (Wildman–Crippen LogP) is 4.89. The highest BCUT2D eigenvalue weighted by molar-refractivity contribution is 5.92. The van der Waals surface area contributed by atoms with Crippen LogP contribution in [-0.4, -0.2) is 47.7 Å². The molecular weight excluding hydrogens is 421 g/mol. The number of nitrogens with zero attached hydrogens (tertiary/aromatic N) is 2. The lowest BCUT2D eigenvalue weighted by molar-refractivity contribution is 0.0323. The maximum atomic E-state index is 14.5. The minimum Gasteiger partial charge on any atom is -0.462 e. The molecule has 0 saturated heterocycles. The Labute approximate surface area is 194 Å². The largest absolute Gasteiger partial charge is 0.462 e. The number of esters is 1. The first-order chi connectivity index (χ1) is 15.9. The fourth-order valence-electron chi connectivity index (χ4n) is 4.00. The molecule has 0 amide bonds. The number of aliphatic hydroxyl groups is 1. The molecule has 1 unspecified atom stereocenters. The Balaban J connectivity index is 1.93. The maximum absolute atomic E-state index is 14.5. The van der Waals surface area contributed by atoms with Crippen LogP contribution < -0.4 is 5.73 Å². The summed E-state index contributed by atoms with van der Waals surface area (Å²) in [6.07, 6.45) is 3.47. The van der Waals surface area contributed by atoms with E-state index in [1.165, 1.54) is 12.1 Å². The number of benzene rings is 2. The average Bonchev–Trinajstić information content (AvgIpc) is 2.95. The highest BCUT2D eigenvalue weighted by Crippen LogP contribution is 2.33. The molecule has 0 radical (unpaired) electrons. The van der Waals surface area contributed by atoms with E-state index >= 15 is 0 Å². The van der Waals surface area contributed by atoms with Crippen LogP contribution >= 0.6 is 0 Å². The van der Waals surface area contributed by atoms with Gasteiger partial charge in [-0.3, -0.25) is 4.90 Å². The molecule has 33 heavy (non-hydrogen) atoms. The summed E-state index contributed by atoms with van der Waals surface area (Å²) >= 11 is 0. The first-order valence-electron chi connectivity index (χ1n) is 11.4. The Morgan fingerprint density at radius 3 is 2.45 bits per heavy atom. The van der Waals surface area contributed by atoms with Gasteiger partial charge in [-0.1, -0.05) is 32.0 Å². The van der Waals surface area contributed by atoms with Gasteiger partial charge in [-0.15, -0.1) is 0 Å². The van der Waals surface area contributed by atoms with Gasteiger partial charge in [0.1, 0.15) is 17.9 Å². The molecule has 2 aromatic carbocycles. The molecule has 0 bridgehead atoms. The van der Waals surface area contributed by atoms with E-state index in [4.69, 9.17) is 10.5 Å². The topological polar surface area (TPSA) is 88.1 Å².